The highest BCUT2D eigenvalue weighted by Crippen LogP contribution is 2.42. The zero-order chi connectivity index (χ0) is 15.5. The molecule has 1 aliphatic carbocycles. The molecule has 116 valence electrons. The topological polar surface area (TPSA) is 55.1 Å². The summed E-state index contributed by atoms with van der Waals surface area (Å²) in [5.74, 6) is 0.701. The van der Waals surface area contributed by atoms with E-state index in [1.165, 1.54) is 32.1 Å². The number of nitrogens with two attached hydrogens (primary N) is 1. The average molecular weight is 288 g/mol. The lowest BCUT2D eigenvalue weighted by atomic mass is 9.78. The van der Waals surface area contributed by atoms with E-state index >= 15 is 0 Å². The molecule has 0 atom stereocenters. The van der Waals surface area contributed by atoms with Gasteiger partial charge >= 0.3 is 0 Å². The van der Waals surface area contributed by atoms with Crippen LogP contribution >= 0.6 is 0 Å². The SMILES string of the molecule is Cc1cc(C(=O)NCC2(CC(C)C)CCCC2)ccc1N. The van der Waals surface area contributed by atoms with E-state index in [0.29, 0.717) is 16.9 Å². The molecule has 0 bridgehead atoms. The average Bonchev–Trinajstić information content (AvgIpc) is 2.87. The second-order valence-corrected chi connectivity index (χ2v) is 7.06. The lowest BCUT2D eigenvalue weighted by Gasteiger charge is -2.31. The molecule has 2 rings (SSSR count). The van der Waals surface area contributed by atoms with Crippen molar-refractivity contribution in [1.29, 1.82) is 0 Å². The van der Waals surface area contributed by atoms with E-state index in [1.807, 2.05) is 19.1 Å². The Labute approximate surface area is 128 Å². The molecule has 0 radical (unpaired) electrons. The fourth-order valence-corrected chi connectivity index (χ4v) is 3.63. The highest BCUT2D eigenvalue weighted by molar-refractivity contribution is 5.94. The second-order valence-electron chi connectivity index (χ2n) is 7.06. The summed E-state index contributed by atoms with van der Waals surface area (Å²) in [5.41, 5.74) is 8.52. The van der Waals surface area contributed by atoms with Gasteiger partial charge in [-0.25, -0.2) is 0 Å². The summed E-state index contributed by atoms with van der Waals surface area (Å²) in [6.07, 6.45) is 6.28. The third-order valence-electron chi connectivity index (χ3n) is 4.66. The fourth-order valence-electron chi connectivity index (χ4n) is 3.63. The van der Waals surface area contributed by atoms with Crippen LogP contribution in [0.15, 0.2) is 18.2 Å². The maximum atomic E-state index is 12.3. The van der Waals surface area contributed by atoms with Gasteiger partial charge in [-0.15, -0.1) is 0 Å². The molecule has 3 nitrogen and oxygen atoms in total. The molecule has 1 amide bonds. The minimum Gasteiger partial charge on any atom is -0.399 e. The number of hydrogen-bond donors (Lipinski definition) is 2. The molecule has 1 aromatic carbocycles. The van der Waals surface area contributed by atoms with Crippen molar-refractivity contribution in [3.63, 3.8) is 0 Å². The van der Waals surface area contributed by atoms with Crippen LogP contribution < -0.4 is 11.1 Å². The van der Waals surface area contributed by atoms with E-state index in [1.54, 1.807) is 6.07 Å². The van der Waals surface area contributed by atoms with Gasteiger partial charge in [-0.1, -0.05) is 26.7 Å². The number of carbonyl (C=O) groups excluding carboxylic acids is 1. The van der Waals surface area contributed by atoms with Gasteiger partial charge in [0.1, 0.15) is 0 Å². The highest BCUT2D eigenvalue weighted by Gasteiger charge is 2.34. The molecule has 0 heterocycles. The van der Waals surface area contributed by atoms with E-state index in [4.69, 9.17) is 5.73 Å². The van der Waals surface area contributed by atoms with Crippen molar-refractivity contribution in [2.75, 3.05) is 12.3 Å². The summed E-state index contributed by atoms with van der Waals surface area (Å²) >= 11 is 0. The Morgan fingerprint density at radius 1 is 1.33 bits per heavy atom. The standard InChI is InChI=1S/C18H28N2O/c1-13(2)11-18(8-4-5-9-18)12-20-17(21)15-6-7-16(19)14(3)10-15/h6-7,10,13H,4-5,8-9,11-12,19H2,1-3H3,(H,20,21). The third-order valence-corrected chi connectivity index (χ3v) is 4.66. The molecular weight excluding hydrogens is 260 g/mol. The predicted molar refractivity (Wildman–Crippen MR) is 88.3 cm³/mol. The Morgan fingerprint density at radius 2 is 2.00 bits per heavy atom. The van der Waals surface area contributed by atoms with Crippen molar-refractivity contribution in [2.24, 2.45) is 11.3 Å². The van der Waals surface area contributed by atoms with Crippen LogP contribution in [0.25, 0.3) is 0 Å². The first-order valence-corrected chi connectivity index (χ1v) is 8.06. The first-order chi connectivity index (χ1) is 9.92. The molecule has 1 fully saturated rings. The number of nitrogens with one attached hydrogen (secondary N) is 1. The first kappa shape index (κ1) is 15.9. The van der Waals surface area contributed by atoms with E-state index in [2.05, 4.69) is 19.2 Å². The molecule has 0 unspecified atom stereocenters. The molecule has 1 aromatic rings. The first-order valence-electron chi connectivity index (χ1n) is 8.06. The zero-order valence-electron chi connectivity index (χ0n) is 13.5. The number of aryl methyl sites for hydroxylation is 1. The Morgan fingerprint density at radius 3 is 2.57 bits per heavy atom. The van der Waals surface area contributed by atoms with Crippen LogP contribution in [0.1, 0.15) is 61.9 Å². The normalized spacial score (nSPS) is 17.1. The number of nitrogen functional groups attached to an aromatic ring is 1. The van der Waals surface area contributed by atoms with E-state index in [0.717, 1.165) is 17.8 Å². The van der Waals surface area contributed by atoms with Gasteiger partial charge in [0.05, 0.1) is 0 Å². The molecule has 0 aliphatic heterocycles. The third kappa shape index (κ3) is 3.99. The number of hydrogen-bond acceptors (Lipinski definition) is 2. The minimum absolute atomic E-state index is 0.0214. The predicted octanol–water partition coefficient (Wildman–Crippen LogP) is 3.91. The number of benzene rings is 1. The van der Waals surface area contributed by atoms with Gasteiger partial charge in [-0.3, -0.25) is 4.79 Å². The lowest BCUT2D eigenvalue weighted by Crippen LogP contribution is -2.36. The fraction of sp³-hybridized carbons (Fsp3) is 0.611. The molecule has 0 spiro atoms. The Bertz CT molecular complexity index is 502. The van der Waals surface area contributed by atoms with Crippen LogP contribution in [0.3, 0.4) is 0 Å². The summed E-state index contributed by atoms with van der Waals surface area (Å²) < 4.78 is 0. The molecule has 0 aromatic heterocycles. The van der Waals surface area contributed by atoms with Crippen molar-refractivity contribution in [1.82, 2.24) is 5.32 Å². The summed E-state index contributed by atoms with van der Waals surface area (Å²) in [6.45, 7) is 7.27. The van der Waals surface area contributed by atoms with Crippen LogP contribution in [-0.4, -0.2) is 12.5 Å². The van der Waals surface area contributed by atoms with Crippen LogP contribution in [0.4, 0.5) is 5.69 Å². The van der Waals surface area contributed by atoms with Gasteiger partial charge in [-0.05, 0) is 61.3 Å². The summed E-state index contributed by atoms with van der Waals surface area (Å²) in [7, 11) is 0. The van der Waals surface area contributed by atoms with Crippen molar-refractivity contribution >= 4 is 11.6 Å². The van der Waals surface area contributed by atoms with Gasteiger partial charge < -0.3 is 11.1 Å². The van der Waals surface area contributed by atoms with Crippen LogP contribution in [0.5, 0.6) is 0 Å². The molecule has 3 heteroatoms. The molecular formula is C18H28N2O. The van der Waals surface area contributed by atoms with Crippen molar-refractivity contribution in [3.8, 4) is 0 Å². The Hall–Kier alpha value is -1.51. The van der Waals surface area contributed by atoms with Crippen molar-refractivity contribution in [3.05, 3.63) is 29.3 Å². The monoisotopic (exact) mass is 288 g/mol. The minimum atomic E-state index is 0.0214. The molecule has 3 N–H and O–H groups in total. The van der Waals surface area contributed by atoms with Crippen LogP contribution in [0, 0.1) is 18.3 Å². The van der Waals surface area contributed by atoms with E-state index < -0.39 is 0 Å². The number of amides is 1. The largest absolute Gasteiger partial charge is 0.399 e. The Balaban J connectivity index is 2.00. The summed E-state index contributed by atoms with van der Waals surface area (Å²) in [6, 6.07) is 5.49. The van der Waals surface area contributed by atoms with Gasteiger partial charge in [0.2, 0.25) is 0 Å². The second kappa shape index (κ2) is 6.50. The zero-order valence-corrected chi connectivity index (χ0v) is 13.5. The maximum absolute atomic E-state index is 12.3. The number of rotatable bonds is 5. The molecule has 1 saturated carbocycles. The maximum Gasteiger partial charge on any atom is 0.251 e. The smallest absolute Gasteiger partial charge is 0.251 e. The van der Waals surface area contributed by atoms with Gasteiger partial charge in [0, 0.05) is 17.8 Å². The van der Waals surface area contributed by atoms with Gasteiger partial charge in [-0.2, -0.15) is 0 Å². The van der Waals surface area contributed by atoms with E-state index in [9.17, 15) is 4.79 Å². The number of anilines is 1. The summed E-state index contributed by atoms with van der Waals surface area (Å²) in [4.78, 5) is 12.3. The molecule has 21 heavy (non-hydrogen) atoms. The van der Waals surface area contributed by atoms with Gasteiger partial charge in [0.15, 0.2) is 0 Å². The van der Waals surface area contributed by atoms with E-state index in [-0.39, 0.29) is 5.91 Å². The Kier molecular flexibility index (Phi) is 4.92. The van der Waals surface area contributed by atoms with Crippen LogP contribution in [0.2, 0.25) is 0 Å². The molecule has 0 saturated heterocycles. The quantitative estimate of drug-likeness (QED) is 0.807. The highest BCUT2D eigenvalue weighted by atomic mass is 16.1. The lowest BCUT2D eigenvalue weighted by molar-refractivity contribution is 0.0922. The van der Waals surface area contributed by atoms with Crippen LogP contribution in [-0.2, 0) is 0 Å². The number of carbonyl (C=O) groups is 1. The van der Waals surface area contributed by atoms with Gasteiger partial charge in [0.25, 0.3) is 5.91 Å². The molecule has 1 aliphatic rings. The summed E-state index contributed by atoms with van der Waals surface area (Å²) in [5, 5.41) is 3.15. The van der Waals surface area contributed by atoms with Crippen molar-refractivity contribution < 1.29 is 4.79 Å². The van der Waals surface area contributed by atoms with Crippen molar-refractivity contribution in [2.45, 2.75) is 52.9 Å².